The van der Waals surface area contributed by atoms with Crippen molar-refractivity contribution in [2.75, 3.05) is 31.1 Å². The van der Waals surface area contributed by atoms with E-state index >= 15 is 0 Å². The van der Waals surface area contributed by atoms with Crippen LogP contribution in [-0.2, 0) is 0 Å². The van der Waals surface area contributed by atoms with Crippen LogP contribution < -0.4 is 10.2 Å². The summed E-state index contributed by atoms with van der Waals surface area (Å²) in [4.78, 5) is 42.2. The molecule has 0 spiro atoms. The minimum absolute atomic E-state index is 0.0624. The van der Waals surface area contributed by atoms with E-state index in [1.165, 1.54) is 4.90 Å². The second kappa shape index (κ2) is 6.52. The molecule has 0 bridgehead atoms. The molecule has 0 unspecified atom stereocenters. The summed E-state index contributed by atoms with van der Waals surface area (Å²) < 4.78 is 0. The van der Waals surface area contributed by atoms with E-state index in [0.29, 0.717) is 34.2 Å². The Kier molecular flexibility index (Phi) is 4.06. The molecule has 148 valence electrons. The van der Waals surface area contributed by atoms with E-state index in [2.05, 4.69) is 5.32 Å². The van der Waals surface area contributed by atoms with E-state index < -0.39 is 0 Å². The van der Waals surface area contributed by atoms with E-state index in [4.69, 9.17) is 0 Å². The molecule has 3 aliphatic rings. The van der Waals surface area contributed by atoms with Crippen LogP contribution in [-0.4, -0.2) is 48.8 Å². The lowest BCUT2D eigenvalue weighted by Gasteiger charge is -2.18. The normalized spacial score (nSPS) is 23.0. The first kappa shape index (κ1) is 18.1. The number of nitrogens with one attached hydrogen (secondary N) is 1. The van der Waals surface area contributed by atoms with Crippen molar-refractivity contribution in [1.29, 1.82) is 0 Å². The van der Waals surface area contributed by atoms with Crippen LogP contribution in [0.15, 0.2) is 36.4 Å². The van der Waals surface area contributed by atoms with E-state index in [-0.39, 0.29) is 17.7 Å². The van der Waals surface area contributed by atoms with Gasteiger partial charge in [-0.15, -0.1) is 0 Å². The van der Waals surface area contributed by atoms with Crippen molar-refractivity contribution in [3.63, 3.8) is 0 Å². The molecule has 0 saturated carbocycles. The third-order valence-corrected chi connectivity index (χ3v) is 6.42. The van der Waals surface area contributed by atoms with Crippen molar-refractivity contribution in [3.8, 4) is 0 Å². The van der Waals surface area contributed by atoms with Crippen LogP contribution in [0.2, 0.25) is 0 Å². The van der Waals surface area contributed by atoms with Gasteiger partial charge >= 0.3 is 0 Å². The molecule has 6 nitrogen and oxygen atoms in total. The molecule has 0 aromatic heterocycles. The molecular weight excluding hydrogens is 366 g/mol. The van der Waals surface area contributed by atoms with Gasteiger partial charge in [-0.2, -0.15) is 0 Å². The number of aryl methyl sites for hydroxylation is 2. The highest BCUT2D eigenvalue weighted by Crippen LogP contribution is 2.33. The van der Waals surface area contributed by atoms with Gasteiger partial charge in [-0.25, -0.2) is 4.90 Å². The number of benzene rings is 2. The molecule has 1 N–H and O–H groups in total. The van der Waals surface area contributed by atoms with Gasteiger partial charge in [0.05, 0.1) is 16.8 Å². The minimum Gasteiger partial charge on any atom is -0.338 e. The SMILES string of the molecule is Cc1ccc(C)c(N2C(=O)c3ccc(C(=O)N4C[C@H]5CNC[C@H]5C4)cc3C2=O)c1. The lowest BCUT2D eigenvalue weighted by molar-refractivity contribution is 0.0781. The minimum atomic E-state index is -0.365. The first-order valence-corrected chi connectivity index (χ1v) is 10.0. The van der Waals surface area contributed by atoms with Crippen molar-refractivity contribution in [1.82, 2.24) is 10.2 Å². The van der Waals surface area contributed by atoms with Crippen LogP contribution in [0, 0.1) is 25.7 Å². The summed E-state index contributed by atoms with van der Waals surface area (Å²) in [5, 5.41) is 3.37. The number of anilines is 1. The molecule has 3 aliphatic heterocycles. The Morgan fingerprint density at radius 2 is 1.62 bits per heavy atom. The Labute approximate surface area is 169 Å². The molecular formula is C23H23N3O3. The van der Waals surface area contributed by atoms with Crippen LogP contribution in [0.25, 0.3) is 0 Å². The highest BCUT2D eigenvalue weighted by atomic mass is 16.2. The van der Waals surface area contributed by atoms with E-state index in [1.54, 1.807) is 18.2 Å². The number of fused-ring (bicyclic) bond motifs is 2. The third-order valence-electron chi connectivity index (χ3n) is 6.42. The zero-order chi connectivity index (χ0) is 20.3. The molecule has 3 heterocycles. The summed E-state index contributed by atoms with van der Waals surface area (Å²) in [6.45, 7) is 7.21. The number of imide groups is 1. The summed E-state index contributed by atoms with van der Waals surface area (Å²) in [6, 6.07) is 10.6. The fraction of sp³-hybridized carbons (Fsp3) is 0.348. The summed E-state index contributed by atoms with van der Waals surface area (Å²) >= 11 is 0. The molecule has 5 rings (SSSR count). The number of hydrogen-bond donors (Lipinski definition) is 1. The van der Waals surface area contributed by atoms with Gasteiger partial charge in [0, 0.05) is 31.7 Å². The van der Waals surface area contributed by atoms with Crippen LogP contribution in [0.4, 0.5) is 5.69 Å². The molecule has 29 heavy (non-hydrogen) atoms. The van der Waals surface area contributed by atoms with Crippen LogP contribution in [0.1, 0.15) is 42.2 Å². The van der Waals surface area contributed by atoms with Crippen molar-refractivity contribution >= 4 is 23.4 Å². The Morgan fingerprint density at radius 3 is 2.34 bits per heavy atom. The van der Waals surface area contributed by atoms with Crippen LogP contribution in [0.3, 0.4) is 0 Å². The molecule has 2 saturated heterocycles. The van der Waals surface area contributed by atoms with Crippen molar-refractivity contribution < 1.29 is 14.4 Å². The highest BCUT2D eigenvalue weighted by molar-refractivity contribution is 6.35. The zero-order valence-corrected chi connectivity index (χ0v) is 16.6. The summed E-state index contributed by atoms with van der Waals surface area (Å²) in [5.74, 6) is 0.260. The van der Waals surface area contributed by atoms with Gasteiger partial charge in [0.1, 0.15) is 0 Å². The van der Waals surface area contributed by atoms with E-state index in [1.807, 2.05) is 36.9 Å². The third kappa shape index (κ3) is 2.78. The number of nitrogens with zero attached hydrogens (tertiary/aromatic N) is 2. The second-order valence-corrected chi connectivity index (χ2v) is 8.38. The van der Waals surface area contributed by atoms with Crippen molar-refractivity contribution in [3.05, 3.63) is 64.2 Å². The molecule has 2 atom stereocenters. The number of hydrogen-bond acceptors (Lipinski definition) is 4. The van der Waals surface area contributed by atoms with E-state index in [9.17, 15) is 14.4 Å². The fourth-order valence-electron chi connectivity index (χ4n) is 4.76. The Balaban J connectivity index is 1.45. The van der Waals surface area contributed by atoms with Crippen LogP contribution >= 0.6 is 0 Å². The van der Waals surface area contributed by atoms with E-state index in [0.717, 1.165) is 37.3 Å². The van der Waals surface area contributed by atoms with Crippen LogP contribution in [0.5, 0.6) is 0 Å². The zero-order valence-electron chi connectivity index (χ0n) is 16.6. The Bertz CT molecular complexity index is 1050. The predicted molar refractivity (Wildman–Crippen MR) is 109 cm³/mol. The first-order valence-electron chi connectivity index (χ1n) is 10.0. The first-order chi connectivity index (χ1) is 13.9. The molecule has 2 aromatic rings. The number of likely N-dealkylation sites (tertiary alicyclic amines) is 1. The van der Waals surface area contributed by atoms with Gasteiger partial charge in [-0.3, -0.25) is 14.4 Å². The van der Waals surface area contributed by atoms with Gasteiger partial charge in [0.15, 0.2) is 0 Å². The van der Waals surface area contributed by atoms with Gasteiger partial charge in [-0.05, 0) is 61.1 Å². The average molecular weight is 389 g/mol. The van der Waals surface area contributed by atoms with Gasteiger partial charge in [0.2, 0.25) is 0 Å². The Hall–Kier alpha value is -2.99. The van der Waals surface area contributed by atoms with Gasteiger partial charge in [0.25, 0.3) is 17.7 Å². The summed E-state index contributed by atoms with van der Waals surface area (Å²) in [5.41, 5.74) is 3.58. The molecule has 3 amide bonds. The maximum Gasteiger partial charge on any atom is 0.266 e. The lowest BCUT2D eigenvalue weighted by atomic mass is 10.0. The monoisotopic (exact) mass is 389 g/mol. The maximum absolute atomic E-state index is 13.1. The number of carbonyl (C=O) groups excluding carboxylic acids is 3. The topological polar surface area (TPSA) is 69.7 Å². The fourth-order valence-corrected chi connectivity index (χ4v) is 4.76. The molecule has 6 heteroatoms. The molecule has 2 aromatic carbocycles. The average Bonchev–Trinajstić information content (AvgIpc) is 3.37. The smallest absolute Gasteiger partial charge is 0.266 e. The predicted octanol–water partition coefficient (Wildman–Crippen LogP) is 2.40. The largest absolute Gasteiger partial charge is 0.338 e. The summed E-state index contributed by atoms with van der Waals surface area (Å²) in [6.07, 6.45) is 0. The second-order valence-electron chi connectivity index (χ2n) is 8.38. The van der Waals surface area contributed by atoms with Crippen molar-refractivity contribution in [2.24, 2.45) is 11.8 Å². The van der Waals surface area contributed by atoms with Gasteiger partial charge in [-0.1, -0.05) is 12.1 Å². The number of rotatable bonds is 2. The Morgan fingerprint density at radius 1 is 0.931 bits per heavy atom. The molecule has 0 radical (unpaired) electrons. The maximum atomic E-state index is 13.1. The lowest BCUT2D eigenvalue weighted by Crippen LogP contribution is -2.32. The summed E-state index contributed by atoms with van der Waals surface area (Å²) in [7, 11) is 0. The number of amides is 3. The highest BCUT2D eigenvalue weighted by Gasteiger charge is 2.40. The molecule has 2 fully saturated rings. The number of carbonyl (C=O) groups is 3. The molecule has 0 aliphatic carbocycles. The van der Waals surface area contributed by atoms with Gasteiger partial charge < -0.3 is 10.2 Å². The standard InChI is InChI=1S/C23H23N3O3/c1-13-3-4-14(2)20(7-13)26-22(28)18-6-5-15(8-19(18)23(26)29)21(27)25-11-16-9-24-10-17(16)12-25/h3-8,16-17,24H,9-12H2,1-2H3/t16-,17+. The van der Waals surface area contributed by atoms with Crippen molar-refractivity contribution in [2.45, 2.75) is 13.8 Å². The quantitative estimate of drug-likeness (QED) is 0.801.